The highest BCUT2D eigenvalue weighted by Crippen LogP contribution is 2.44. The maximum absolute atomic E-state index is 13.9. The summed E-state index contributed by atoms with van der Waals surface area (Å²) >= 11 is 0. The monoisotopic (exact) mass is 651 g/mol. The Hall–Kier alpha value is -1.79. The highest BCUT2D eigenvalue weighted by molar-refractivity contribution is 5.85. The minimum atomic E-state index is -0.849. The predicted octanol–water partition coefficient (Wildman–Crippen LogP) is 5.39. The molecule has 11 heteroatoms. The molecule has 11 nitrogen and oxygen atoms in total. The SMILES string of the molecule is CC1(C)CC(OC(=O)C2CC(C(=O)OC3CC(C)(C)N(O)C(C)(C)C3)CC2C(=O)OC2CC(C)(C)N(O)C(C)(C)C2)CC(C)(C)N1. The smallest absolute Gasteiger partial charge is 0.310 e. The van der Waals surface area contributed by atoms with Crippen molar-refractivity contribution in [1.82, 2.24) is 15.4 Å². The number of carbonyl (C=O) groups excluding carboxylic acids is 3. The molecule has 4 aliphatic rings. The average Bonchev–Trinajstić information content (AvgIpc) is 3.29. The molecular weight excluding hydrogens is 590 g/mol. The second kappa shape index (κ2) is 12.3. The van der Waals surface area contributed by atoms with Gasteiger partial charge in [-0.25, -0.2) is 0 Å². The van der Waals surface area contributed by atoms with Crippen molar-refractivity contribution in [2.75, 3.05) is 0 Å². The van der Waals surface area contributed by atoms with Crippen molar-refractivity contribution in [1.29, 1.82) is 0 Å². The van der Waals surface area contributed by atoms with Gasteiger partial charge in [0, 0.05) is 71.8 Å². The normalized spacial score (nSPS) is 32.9. The largest absolute Gasteiger partial charge is 0.462 e. The minimum absolute atomic E-state index is 0.137. The van der Waals surface area contributed by atoms with Gasteiger partial charge in [0.05, 0.1) is 17.8 Å². The fourth-order valence-electron chi connectivity index (χ4n) is 9.35. The second-order valence-corrected chi connectivity index (χ2v) is 18.5. The van der Waals surface area contributed by atoms with Gasteiger partial charge in [0.2, 0.25) is 0 Å². The standard InChI is InChI=1S/C35H61N3O8/c1-30(2)15-22(16-31(3,4)36-30)45-28(40)25-13-21(27(39)44-23-17-32(5,6)37(42)33(7,8)18-23)14-26(25)29(41)46-24-19-34(9,10)38(43)35(11,12)20-24/h21-26,36,42-43H,13-20H2,1-12H3. The van der Waals surface area contributed by atoms with Gasteiger partial charge in [0.15, 0.2) is 0 Å². The van der Waals surface area contributed by atoms with E-state index >= 15 is 0 Å². The van der Waals surface area contributed by atoms with E-state index in [0.29, 0.717) is 38.5 Å². The molecule has 3 unspecified atom stereocenters. The molecule has 0 spiro atoms. The fourth-order valence-corrected chi connectivity index (χ4v) is 9.35. The Labute approximate surface area is 276 Å². The first-order valence-corrected chi connectivity index (χ1v) is 17.1. The number of esters is 3. The van der Waals surface area contributed by atoms with E-state index in [0.717, 1.165) is 0 Å². The predicted molar refractivity (Wildman–Crippen MR) is 172 cm³/mol. The number of carbonyl (C=O) groups is 3. The molecule has 0 aromatic carbocycles. The van der Waals surface area contributed by atoms with Crippen molar-refractivity contribution in [3.8, 4) is 0 Å². The summed E-state index contributed by atoms with van der Waals surface area (Å²) in [4.78, 5) is 41.4. The van der Waals surface area contributed by atoms with Gasteiger partial charge in [0.25, 0.3) is 0 Å². The van der Waals surface area contributed by atoms with E-state index in [4.69, 9.17) is 14.2 Å². The summed E-state index contributed by atoms with van der Waals surface area (Å²) in [6, 6.07) is 0. The number of hydroxylamine groups is 4. The highest BCUT2D eigenvalue weighted by Gasteiger charge is 2.53. The summed E-state index contributed by atoms with van der Waals surface area (Å²) in [7, 11) is 0. The molecule has 0 bridgehead atoms. The van der Waals surface area contributed by atoms with Crippen LogP contribution in [0.25, 0.3) is 0 Å². The van der Waals surface area contributed by atoms with E-state index in [2.05, 4.69) is 33.0 Å². The quantitative estimate of drug-likeness (QED) is 0.252. The summed E-state index contributed by atoms with van der Waals surface area (Å²) in [6.07, 6.45) is 2.13. The number of rotatable bonds is 6. The van der Waals surface area contributed by atoms with Crippen LogP contribution in [0.2, 0.25) is 0 Å². The number of hydrogen-bond donors (Lipinski definition) is 3. The summed E-state index contributed by atoms with van der Waals surface area (Å²) in [5, 5.41) is 27.7. The van der Waals surface area contributed by atoms with Gasteiger partial charge in [-0.15, -0.1) is 0 Å². The third kappa shape index (κ3) is 8.08. The van der Waals surface area contributed by atoms with Crippen LogP contribution >= 0.6 is 0 Å². The summed E-state index contributed by atoms with van der Waals surface area (Å²) in [5.41, 5.74) is -2.90. The van der Waals surface area contributed by atoms with Gasteiger partial charge in [-0.1, -0.05) is 0 Å². The van der Waals surface area contributed by atoms with Crippen molar-refractivity contribution < 1.29 is 39.0 Å². The van der Waals surface area contributed by atoms with Crippen LogP contribution in [0.3, 0.4) is 0 Å². The Morgan fingerprint density at radius 3 is 1.13 bits per heavy atom. The Kier molecular flexibility index (Phi) is 9.88. The molecule has 0 aromatic rings. The van der Waals surface area contributed by atoms with E-state index in [-0.39, 0.29) is 30.0 Å². The number of piperidine rings is 3. The molecule has 46 heavy (non-hydrogen) atoms. The molecule has 3 heterocycles. The number of nitrogens with one attached hydrogen (secondary N) is 1. The molecule has 4 rings (SSSR count). The van der Waals surface area contributed by atoms with Crippen LogP contribution in [0.15, 0.2) is 0 Å². The maximum atomic E-state index is 13.9. The van der Waals surface area contributed by atoms with Crippen molar-refractivity contribution in [3.05, 3.63) is 0 Å². The van der Waals surface area contributed by atoms with Crippen molar-refractivity contribution >= 4 is 17.9 Å². The van der Waals surface area contributed by atoms with Crippen LogP contribution in [0.1, 0.15) is 134 Å². The van der Waals surface area contributed by atoms with Crippen LogP contribution in [-0.2, 0) is 28.6 Å². The first-order valence-electron chi connectivity index (χ1n) is 17.1. The molecule has 3 atom stereocenters. The van der Waals surface area contributed by atoms with Gasteiger partial charge in [-0.3, -0.25) is 14.4 Å². The Morgan fingerprint density at radius 2 is 0.804 bits per heavy atom. The summed E-state index contributed by atoms with van der Waals surface area (Å²) < 4.78 is 18.3. The average molecular weight is 652 g/mol. The highest BCUT2D eigenvalue weighted by atomic mass is 16.6. The van der Waals surface area contributed by atoms with Crippen molar-refractivity contribution in [2.45, 2.75) is 186 Å². The lowest BCUT2D eigenvalue weighted by molar-refractivity contribution is -0.260. The van der Waals surface area contributed by atoms with Gasteiger partial charge in [-0.2, -0.15) is 10.1 Å². The zero-order chi connectivity index (χ0) is 34.8. The van der Waals surface area contributed by atoms with Crippen LogP contribution in [-0.4, -0.2) is 90.0 Å². The van der Waals surface area contributed by atoms with Gasteiger partial charge < -0.3 is 29.9 Å². The molecule has 1 saturated carbocycles. The van der Waals surface area contributed by atoms with Crippen molar-refractivity contribution in [2.24, 2.45) is 17.8 Å². The van der Waals surface area contributed by atoms with E-state index < -0.39 is 70.0 Å². The number of nitrogens with zero attached hydrogens (tertiary/aromatic N) is 2. The first kappa shape index (κ1) is 37.0. The van der Waals surface area contributed by atoms with Gasteiger partial charge >= 0.3 is 17.9 Å². The molecule has 264 valence electrons. The molecule has 3 saturated heterocycles. The molecule has 4 fully saturated rings. The minimum Gasteiger partial charge on any atom is -0.462 e. The molecule has 0 amide bonds. The van der Waals surface area contributed by atoms with Gasteiger partial charge in [-0.05, 0) is 95.9 Å². The summed E-state index contributed by atoms with van der Waals surface area (Å²) in [6.45, 7) is 23.6. The second-order valence-electron chi connectivity index (χ2n) is 18.5. The number of ether oxygens (including phenoxy) is 3. The zero-order valence-electron chi connectivity index (χ0n) is 30.4. The molecule has 0 aromatic heterocycles. The van der Waals surface area contributed by atoms with Gasteiger partial charge in [0.1, 0.15) is 18.3 Å². The lowest BCUT2D eigenvalue weighted by Crippen LogP contribution is -2.60. The molecule has 0 radical (unpaired) electrons. The third-order valence-electron chi connectivity index (χ3n) is 10.7. The lowest BCUT2D eigenvalue weighted by Gasteiger charge is -2.51. The molecule has 3 N–H and O–H groups in total. The Balaban J connectivity index is 1.52. The van der Waals surface area contributed by atoms with E-state index in [9.17, 15) is 24.8 Å². The lowest BCUT2D eigenvalue weighted by atomic mass is 9.80. The maximum Gasteiger partial charge on any atom is 0.310 e. The number of hydrogen-bond acceptors (Lipinski definition) is 11. The van der Waals surface area contributed by atoms with Crippen molar-refractivity contribution in [3.63, 3.8) is 0 Å². The molecular formula is C35H61N3O8. The molecule has 3 aliphatic heterocycles. The van der Waals surface area contributed by atoms with Crippen LogP contribution in [0.4, 0.5) is 0 Å². The van der Waals surface area contributed by atoms with Crippen LogP contribution in [0, 0.1) is 17.8 Å². The van der Waals surface area contributed by atoms with Crippen LogP contribution < -0.4 is 5.32 Å². The topological polar surface area (TPSA) is 138 Å². The molecule has 1 aliphatic carbocycles. The Morgan fingerprint density at radius 1 is 0.522 bits per heavy atom. The van der Waals surface area contributed by atoms with E-state index in [1.807, 2.05) is 55.4 Å². The first-order chi connectivity index (χ1) is 20.7. The zero-order valence-corrected chi connectivity index (χ0v) is 30.4. The third-order valence-corrected chi connectivity index (χ3v) is 10.7. The van der Waals surface area contributed by atoms with E-state index in [1.54, 1.807) is 0 Å². The fraction of sp³-hybridized carbons (Fsp3) is 0.914. The van der Waals surface area contributed by atoms with Crippen LogP contribution in [0.5, 0.6) is 0 Å². The van der Waals surface area contributed by atoms with E-state index in [1.165, 1.54) is 10.1 Å². The summed E-state index contributed by atoms with van der Waals surface area (Å²) in [5.74, 6) is -3.77. The Bertz CT molecular complexity index is 1130.